The van der Waals surface area contributed by atoms with Crippen molar-refractivity contribution in [2.45, 2.75) is 32.6 Å². The van der Waals surface area contributed by atoms with Gasteiger partial charge >= 0.3 is 6.03 Å². The number of hydrazone groups is 1. The highest BCUT2D eigenvalue weighted by Gasteiger charge is 2.21. The zero-order valence-electron chi connectivity index (χ0n) is 8.29. The number of primary amides is 1. The molecule has 1 aliphatic carbocycles. The molecule has 2 N–H and O–H groups in total. The molecule has 1 rings (SSSR count). The van der Waals surface area contributed by atoms with Crippen LogP contribution in [0, 0.1) is 5.92 Å². The van der Waals surface area contributed by atoms with E-state index in [4.69, 9.17) is 5.73 Å². The molecular formula is C9H17N3O. The lowest BCUT2D eigenvalue weighted by atomic mass is 10.0. The number of urea groups is 1. The van der Waals surface area contributed by atoms with E-state index in [0.29, 0.717) is 5.92 Å². The van der Waals surface area contributed by atoms with Crippen molar-refractivity contribution in [3.8, 4) is 0 Å². The molecule has 2 amide bonds. The summed E-state index contributed by atoms with van der Waals surface area (Å²) in [5.41, 5.74) is 6.21. The maximum absolute atomic E-state index is 10.7. The lowest BCUT2D eigenvalue weighted by Gasteiger charge is -2.12. The monoisotopic (exact) mass is 183 g/mol. The minimum atomic E-state index is -0.491. The van der Waals surface area contributed by atoms with Gasteiger partial charge in [0.25, 0.3) is 0 Å². The van der Waals surface area contributed by atoms with Crippen LogP contribution in [0.2, 0.25) is 0 Å². The van der Waals surface area contributed by atoms with Crippen LogP contribution in [0.5, 0.6) is 0 Å². The second-order valence-electron chi connectivity index (χ2n) is 3.45. The van der Waals surface area contributed by atoms with Gasteiger partial charge in [0.1, 0.15) is 0 Å². The summed E-state index contributed by atoms with van der Waals surface area (Å²) in [4.78, 5) is 10.7. The average molecular weight is 183 g/mol. The Balaban J connectivity index is 2.63. The van der Waals surface area contributed by atoms with Crippen molar-refractivity contribution in [3.63, 3.8) is 0 Å². The van der Waals surface area contributed by atoms with Crippen molar-refractivity contribution >= 4 is 11.7 Å². The zero-order chi connectivity index (χ0) is 9.84. The van der Waals surface area contributed by atoms with Crippen molar-refractivity contribution in [2.75, 3.05) is 7.05 Å². The molecular weight excluding hydrogens is 166 g/mol. The molecule has 1 atom stereocenters. The largest absolute Gasteiger partial charge is 0.350 e. The number of hydrogen-bond acceptors (Lipinski definition) is 2. The van der Waals surface area contributed by atoms with Crippen LogP contribution in [0.4, 0.5) is 4.79 Å². The molecule has 0 aromatic rings. The fourth-order valence-electron chi connectivity index (χ4n) is 1.71. The average Bonchev–Trinajstić information content (AvgIpc) is 2.51. The minimum absolute atomic E-state index is 0.491. The van der Waals surface area contributed by atoms with Gasteiger partial charge in [-0.15, -0.1) is 0 Å². The first kappa shape index (κ1) is 10.0. The first-order valence-corrected chi connectivity index (χ1v) is 4.75. The molecule has 0 heterocycles. The van der Waals surface area contributed by atoms with E-state index in [1.54, 1.807) is 7.05 Å². The third-order valence-electron chi connectivity index (χ3n) is 2.55. The van der Waals surface area contributed by atoms with Gasteiger partial charge in [0.15, 0.2) is 0 Å². The Morgan fingerprint density at radius 1 is 1.77 bits per heavy atom. The van der Waals surface area contributed by atoms with E-state index >= 15 is 0 Å². The number of nitrogens with two attached hydrogens (primary N) is 1. The first-order valence-electron chi connectivity index (χ1n) is 4.75. The highest BCUT2D eigenvalue weighted by Crippen LogP contribution is 2.25. The second-order valence-corrected chi connectivity index (χ2v) is 3.45. The molecule has 1 fully saturated rings. The summed E-state index contributed by atoms with van der Waals surface area (Å²) in [5.74, 6) is 0.557. The van der Waals surface area contributed by atoms with Crippen LogP contribution in [0.1, 0.15) is 32.6 Å². The topological polar surface area (TPSA) is 58.7 Å². The number of hydrogen-bond donors (Lipinski definition) is 1. The molecule has 1 saturated carbocycles. The van der Waals surface area contributed by atoms with Crippen molar-refractivity contribution in [3.05, 3.63) is 0 Å². The quantitative estimate of drug-likeness (QED) is 0.649. The van der Waals surface area contributed by atoms with Crippen LogP contribution in [-0.2, 0) is 0 Å². The molecule has 1 aliphatic rings. The Kier molecular flexibility index (Phi) is 3.28. The molecule has 0 radical (unpaired) electrons. The fourth-order valence-corrected chi connectivity index (χ4v) is 1.71. The van der Waals surface area contributed by atoms with Crippen LogP contribution in [-0.4, -0.2) is 23.8 Å². The lowest BCUT2D eigenvalue weighted by Crippen LogP contribution is -2.29. The first-order chi connectivity index (χ1) is 6.15. The molecule has 74 valence electrons. The van der Waals surface area contributed by atoms with Crippen molar-refractivity contribution < 1.29 is 4.79 Å². The Bertz CT molecular complexity index is 225. The number of carbonyl (C=O) groups is 1. The molecule has 1 unspecified atom stereocenters. The summed E-state index contributed by atoms with van der Waals surface area (Å²) in [5, 5.41) is 5.43. The molecule has 0 spiro atoms. The third-order valence-corrected chi connectivity index (χ3v) is 2.55. The molecule has 4 heteroatoms. The Labute approximate surface area is 78.8 Å². The van der Waals surface area contributed by atoms with Gasteiger partial charge in [0, 0.05) is 12.8 Å². The van der Waals surface area contributed by atoms with Gasteiger partial charge in [-0.3, -0.25) is 0 Å². The summed E-state index contributed by atoms with van der Waals surface area (Å²) in [6.07, 6.45) is 4.49. The normalized spacial score (nSPS) is 25.1. The van der Waals surface area contributed by atoms with E-state index in [9.17, 15) is 4.79 Å². The lowest BCUT2D eigenvalue weighted by molar-refractivity contribution is 0.220. The van der Waals surface area contributed by atoms with Crippen LogP contribution >= 0.6 is 0 Å². The van der Waals surface area contributed by atoms with Crippen LogP contribution < -0.4 is 5.73 Å². The van der Waals surface area contributed by atoms with Gasteiger partial charge < -0.3 is 5.73 Å². The number of nitrogens with zero attached hydrogens (tertiary/aromatic N) is 2. The maximum Gasteiger partial charge on any atom is 0.334 e. The van der Waals surface area contributed by atoms with E-state index in [-0.39, 0.29) is 0 Å². The minimum Gasteiger partial charge on any atom is -0.350 e. The molecule has 0 aromatic heterocycles. The van der Waals surface area contributed by atoms with Crippen molar-refractivity contribution in [1.82, 2.24) is 5.01 Å². The summed E-state index contributed by atoms with van der Waals surface area (Å²) < 4.78 is 0. The number of carbonyl (C=O) groups excluding carboxylic acids is 1. The van der Waals surface area contributed by atoms with Gasteiger partial charge in [-0.05, 0) is 31.6 Å². The fraction of sp³-hybridized carbons (Fsp3) is 0.778. The Hall–Kier alpha value is -1.06. The van der Waals surface area contributed by atoms with Crippen LogP contribution in [0.3, 0.4) is 0 Å². The van der Waals surface area contributed by atoms with E-state index in [0.717, 1.165) is 18.6 Å². The predicted molar refractivity (Wildman–Crippen MR) is 52.4 cm³/mol. The molecule has 0 aliphatic heterocycles. The maximum atomic E-state index is 10.7. The Morgan fingerprint density at radius 2 is 2.46 bits per heavy atom. The van der Waals surface area contributed by atoms with E-state index in [2.05, 4.69) is 12.0 Å². The van der Waals surface area contributed by atoms with Crippen LogP contribution in [0.25, 0.3) is 0 Å². The summed E-state index contributed by atoms with van der Waals surface area (Å²) >= 11 is 0. The summed E-state index contributed by atoms with van der Waals surface area (Å²) in [6.45, 7) is 2.15. The molecule has 0 aromatic carbocycles. The van der Waals surface area contributed by atoms with Gasteiger partial charge in [0.05, 0.1) is 0 Å². The van der Waals surface area contributed by atoms with E-state index < -0.39 is 6.03 Å². The predicted octanol–water partition coefficient (Wildman–Crippen LogP) is 1.56. The van der Waals surface area contributed by atoms with Gasteiger partial charge in [-0.1, -0.05) is 6.92 Å². The van der Waals surface area contributed by atoms with Crippen LogP contribution in [0.15, 0.2) is 5.10 Å². The van der Waals surface area contributed by atoms with Gasteiger partial charge in [-0.25, -0.2) is 9.80 Å². The van der Waals surface area contributed by atoms with Crippen molar-refractivity contribution in [1.29, 1.82) is 0 Å². The summed E-state index contributed by atoms with van der Waals surface area (Å²) in [7, 11) is 1.60. The number of amides is 2. The molecule has 4 nitrogen and oxygen atoms in total. The van der Waals surface area contributed by atoms with E-state index in [1.165, 1.54) is 17.9 Å². The number of rotatable bonds is 2. The van der Waals surface area contributed by atoms with Crippen molar-refractivity contribution in [2.24, 2.45) is 16.8 Å². The second kappa shape index (κ2) is 4.25. The molecule has 0 bridgehead atoms. The molecule has 13 heavy (non-hydrogen) atoms. The van der Waals surface area contributed by atoms with E-state index in [1.807, 2.05) is 0 Å². The SMILES string of the molecule is CCC1CCC/C1=N\N(C)C(N)=O. The van der Waals surface area contributed by atoms with Gasteiger partial charge in [0.2, 0.25) is 0 Å². The zero-order valence-corrected chi connectivity index (χ0v) is 8.29. The Morgan fingerprint density at radius 3 is 3.00 bits per heavy atom. The molecule has 0 saturated heterocycles. The standard InChI is InChI=1S/C9H17N3O/c1-3-7-5-4-6-8(7)11-12(2)9(10)13/h7H,3-6H2,1-2H3,(H2,10,13)/b11-8+. The third kappa shape index (κ3) is 2.44. The highest BCUT2D eigenvalue weighted by molar-refractivity contribution is 5.89. The summed E-state index contributed by atoms with van der Waals surface area (Å²) in [6, 6.07) is -0.491. The highest BCUT2D eigenvalue weighted by atomic mass is 16.2. The van der Waals surface area contributed by atoms with Gasteiger partial charge in [-0.2, -0.15) is 5.10 Å². The smallest absolute Gasteiger partial charge is 0.334 e.